The first-order chi connectivity index (χ1) is 10.3. The first kappa shape index (κ1) is 12.2. The Morgan fingerprint density at radius 3 is 2.81 bits per heavy atom. The SMILES string of the molecule is Cc1c(-c2cnn3c2CCC3)nn(-c2ccccc2)c1N. The zero-order valence-corrected chi connectivity index (χ0v) is 12.0. The van der Waals surface area contributed by atoms with Gasteiger partial charge in [-0.1, -0.05) is 18.2 Å². The fourth-order valence-electron chi connectivity index (χ4n) is 2.99. The summed E-state index contributed by atoms with van der Waals surface area (Å²) in [6.45, 7) is 3.03. The number of aromatic nitrogens is 4. The molecule has 106 valence electrons. The molecule has 0 fully saturated rings. The normalized spacial score (nSPS) is 13.6. The second kappa shape index (κ2) is 4.48. The van der Waals surface area contributed by atoms with Crippen molar-refractivity contribution >= 4 is 5.82 Å². The van der Waals surface area contributed by atoms with E-state index in [4.69, 9.17) is 10.8 Å². The summed E-state index contributed by atoms with van der Waals surface area (Å²) >= 11 is 0. The highest BCUT2D eigenvalue weighted by molar-refractivity contribution is 5.70. The second-order valence-electron chi connectivity index (χ2n) is 5.44. The first-order valence-corrected chi connectivity index (χ1v) is 7.21. The number of fused-ring (bicyclic) bond motifs is 1. The van der Waals surface area contributed by atoms with Crippen LogP contribution in [-0.2, 0) is 13.0 Å². The van der Waals surface area contributed by atoms with Crippen molar-refractivity contribution in [1.82, 2.24) is 19.6 Å². The number of anilines is 1. The quantitative estimate of drug-likeness (QED) is 0.784. The van der Waals surface area contributed by atoms with Crippen LogP contribution >= 0.6 is 0 Å². The molecule has 0 bridgehead atoms. The highest BCUT2D eigenvalue weighted by atomic mass is 15.3. The molecule has 5 heteroatoms. The predicted octanol–water partition coefficient (Wildman–Crippen LogP) is 2.57. The van der Waals surface area contributed by atoms with E-state index in [2.05, 4.69) is 9.78 Å². The maximum atomic E-state index is 6.26. The maximum absolute atomic E-state index is 6.26. The Bertz CT molecular complexity index is 798. The molecule has 0 amide bonds. The molecule has 0 atom stereocenters. The second-order valence-corrected chi connectivity index (χ2v) is 5.44. The highest BCUT2D eigenvalue weighted by Gasteiger charge is 2.22. The maximum Gasteiger partial charge on any atom is 0.130 e. The Morgan fingerprint density at radius 1 is 1.19 bits per heavy atom. The molecule has 0 aliphatic carbocycles. The van der Waals surface area contributed by atoms with Gasteiger partial charge < -0.3 is 5.73 Å². The lowest BCUT2D eigenvalue weighted by Gasteiger charge is -2.02. The van der Waals surface area contributed by atoms with Crippen molar-refractivity contribution < 1.29 is 0 Å². The molecular weight excluding hydrogens is 262 g/mol. The average Bonchev–Trinajstić information content (AvgIpc) is 3.18. The molecule has 1 aromatic carbocycles. The van der Waals surface area contributed by atoms with Crippen molar-refractivity contribution in [1.29, 1.82) is 0 Å². The molecule has 4 rings (SSSR count). The third-order valence-electron chi connectivity index (χ3n) is 4.16. The number of benzene rings is 1. The lowest BCUT2D eigenvalue weighted by Crippen LogP contribution is -2.01. The summed E-state index contributed by atoms with van der Waals surface area (Å²) in [5, 5.41) is 9.19. The molecular formula is C16H17N5. The number of hydrogen-bond donors (Lipinski definition) is 1. The zero-order chi connectivity index (χ0) is 14.4. The van der Waals surface area contributed by atoms with Crippen molar-refractivity contribution in [3.05, 3.63) is 47.8 Å². The van der Waals surface area contributed by atoms with Crippen LogP contribution in [0.25, 0.3) is 16.9 Å². The Balaban J connectivity index is 1.88. The number of nitrogens with two attached hydrogens (primary N) is 1. The zero-order valence-electron chi connectivity index (χ0n) is 12.0. The van der Waals surface area contributed by atoms with Crippen LogP contribution in [0.2, 0.25) is 0 Å². The van der Waals surface area contributed by atoms with E-state index in [1.165, 1.54) is 5.69 Å². The fraction of sp³-hybridized carbons (Fsp3) is 0.250. The van der Waals surface area contributed by atoms with Gasteiger partial charge in [0.2, 0.25) is 0 Å². The van der Waals surface area contributed by atoms with Crippen molar-refractivity contribution in [2.24, 2.45) is 0 Å². The van der Waals surface area contributed by atoms with Gasteiger partial charge in [0.05, 0.1) is 11.9 Å². The summed E-state index contributed by atoms with van der Waals surface area (Å²) in [5.41, 5.74) is 11.6. The van der Waals surface area contributed by atoms with Crippen molar-refractivity contribution in [2.45, 2.75) is 26.3 Å². The molecule has 2 N–H and O–H groups in total. The molecule has 1 aliphatic rings. The highest BCUT2D eigenvalue weighted by Crippen LogP contribution is 2.32. The number of para-hydroxylation sites is 1. The minimum Gasteiger partial charge on any atom is -0.383 e. The molecule has 0 saturated carbocycles. The molecule has 0 saturated heterocycles. The number of nitrogen functional groups attached to an aromatic ring is 1. The third kappa shape index (κ3) is 1.77. The van der Waals surface area contributed by atoms with Gasteiger partial charge in [-0.25, -0.2) is 4.68 Å². The molecule has 0 unspecified atom stereocenters. The number of rotatable bonds is 2. The predicted molar refractivity (Wildman–Crippen MR) is 82.3 cm³/mol. The monoisotopic (exact) mass is 279 g/mol. The molecule has 2 aromatic heterocycles. The van der Waals surface area contributed by atoms with Crippen LogP contribution in [0.4, 0.5) is 5.82 Å². The van der Waals surface area contributed by atoms with Gasteiger partial charge in [-0.15, -0.1) is 0 Å². The molecule has 3 heterocycles. The molecule has 1 aliphatic heterocycles. The summed E-state index contributed by atoms with van der Waals surface area (Å²) in [6, 6.07) is 9.98. The Morgan fingerprint density at radius 2 is 2.00 bits per heavy atom. The van der Waals surface area contributed by atoms with Crippen molar-refractivity contribution in [3.63, 3.8) is 0 Å². The van der Waals surface area contributed by atoms with Crippen LogP contribution in [-0.4, -0.2) is 19.6 Å². The summed E-state index contributed by atoms with van der Waals surface area (Å²) in [5.74, 6) is 0.689. The van der Waals surface area contributed by atoms with E-state index in [1.54, 1.807) is 0 Å². The molecule has 0 spiro atoms. The summed E-state index contributed by atoms with van der Waals surface area (Å²) in [7, 11) is 0. The van der Waals surface area contributed by atoms with Crippen LogP contribution < -0.4 is 5.73 Å². The van der Waals surface area contributed by atoms with Gasteiger partial charge in [-0.2, -0.15) is 10.2 Å². The largest absolute Gasteiger partial charge is 0.383 e. The van der Waals surface area contributed by atoms with E-state index >= 15 is 0 Å². The van der Waals surface area contributed by atoms with Crippen LogP contribution in [0.1, 0.15) is 17.7 Å². The first-order valence-electron chi connectivity index (χ1n) is 7.21. The summed E-state index contributed by atoms with van der Waals surface area (Å²) in [6.07, 6.45) is 4.13. The Kier molecular flexibility index (Phi) is 2.60. The lowest BCUT2D eigenvalue weighted by atomic mass is 10.1. The van der Waals surface area contributed by atoms with Gasteiger partial charge in [0.15, 0.2) is 0 Å². The van der Waals surface area contributed by atoms with Gasteiger partial charge in [0.1, 0.15) is 11.5 Å². The van der Waals surface area contributed by atoms with E-state index < -0.39 is 0 Å². The molecule has 3 aromatic rings. The van der Waals surface area contributed by atoms with Crippen LogP contribution in [0.5, 0.6) is 0 Å². The van der Waals surface area contributed by atoms with Gasteiger partial charge in [0, 0.05) is 23.4 Å². The van der Waals surface area contributed by atoms with Crippen LogP contribution in [0.15, 0.2) is 36.5 Å². The Hall–Kier alpha value is -2.56. The number of nitrogens with zero attached hydrogens (tertiary/aromatic N) is 4. The molecule has 21 heavy (non-hydrogen) atoms. The molecule has 0 radical (unpaired) electrons. The van der Waals surface area contributed by atoms with E-state index in [-0.39, 0.29) is 0 Å². The van der Waals surface area contributed by atoms with E-state index in [0.717, 1.165) is 41.9 Å². The van der Waals surface area contributed by atoms with Crippen LogP contribution in [0.3, 0.4) is 0 Å². The van der Waals surface area contributed by atoms with Gasteiger partial charge >= 0.3 is 0 Å². The Labute approximate surface area is 123 Å². The lowest BCUT2D eigenvalue weighted by molar-refractivity contribution is 0.656. The minimum atomic E-state index is 0.689. The summed E-state index contributed by atoms with van der Waals surface area (Å²) in [4.78, 5) is 0. The topological polar surface area (TPSA) is 61.7 Å². The van der Waals surface area contributed by atoms with Crippen LogP contribution in [0, 0.1) is 6.92 Å². The smallest absolute Gasteiger partial charge is 0.130 e. The number of aryl methyl sites for hydroxylation is 1. The van der Waals surface area contributed by atoms with E-state index in [9.17, 15) is 0 Å². The molecule has 5 nitrogen and oxygen atoms in total. The van der Waals surface area contributed by atoms with Gasteiger partial charge in [-0.3, -0.25) is 4.68 Å². The van der Waals surface area contributed by atoms with E-state index in [1.807, 2.05) is 48.1 Å². The third-order valence-corrected chi connectivity index (χ3v) is 4.16. The summed E-state index contributed by atoms with van der Waals surface area (Å²) < 4.78 is 3.89. The average molecular weight is 279 g/mol. The standard InChI is InChI=1S/C16H17N5/c1-11-15(13-10-18-20-9-5-8-14(13)20)19-21(16(11)17)12-6-3-2-4-7-12/h2-4,6-7,10H,5,8-9,17H2,1H3. The van der Waals surface area contributed by atoms with Crippen molar-refractivity contribution in [2.75, 3.05) is 5.73 Å². The fourth-order valence-corrected chi connectivity index (χ4v) is 2.99. The number of hydrogen-bond acceptors (Lipinski definition) is 3. The minimum absolute atomic E-state index is 0.689. The van der Waals surface area contributed by atoms with Crippen molar-refractivity contribution in [3.8, 4) is 16.9 Å². The van der Waals surface area contributed by atoms with E-state index in [0.29, 0.717) is 5.82 Å². The van der Waals surface area contributed by atoms with Gasteiger partial charge in [0.25, 0.3) is 0 Å². The van der Waals surface area contributed by atoms with Gasteiger partial charge in [-0.05, 0) is 31.9 Å².